The Hall–Kier alpha value is -2.09. The van der Waals surface area contributed by atoms with E-state index in [9.17, 15) is 4.79 Å². The van der Waals surface area contributed by atoms with Gasteiger partial charge in [0.2, 0.25) is 11.8 Å². The summed E-state index contributed by atoms with van der Waals surface area (Å²) in [4.78, 5) is 15.8. The van der Waals surface area contributed by atoms with Gasteiger partial charge in [-0.05, 0) is 36.4 Å². The Labute approximate surface area is 151 Å². The van der Waals surface area contributed by atoms with Gasteiger partial charge in [0, 0.05) is 16.8 Å². The number of hydrogen-bond donors (Lipinski definition) is 1. The van der Waals surface area contributed by atoms with Crippen LogP contribution in [0.15, 0.2) is 52.2 Å². The highest BCUT2D eigenvalue weighted by molar-refractivity contribution is 7.99. The fraction of sp³-hybridized carbons (Fsp3) is 0.0667. The molecule has 3 rings (SSSR count). The number of benzene rings is 1. The molecule has 0 aliphatic carbocycles. The summed E-state index contributed by atoms with van der Waals surface area (Å²) in [7, 11) is 0. The number of nitrogens with zero attached hydrogens (tertiary/aromatic N) is 3. The van der Waals surface area contributed by atoms with Crippen LogP contribution >= 0.6 is 35.0 Å². The van der Waals surface area contributed by atoms with Crippen LogP contribution in [0, 0.1) is 0 Å². The van der Waals surface area contributed by atoms with Crippen molar-refractivity contribution < 1.29 is 9.21 Å². The van der Waals surface area contributed by atoms with Gasteiger partial charge in [-0.3, -0.25) is 4.79 Å². The molecule has 0 aliphatic heterocycles. The van der Waals surface area contributed by atoms with Crippen LogP contribution < -0.4 is 5.32 Å². The van der Waals surface area contributed by atoms with Crippen molar-refractivity contribution >= 4 is 46.6 Å². The minimum Gasteiger partial charge on any atom is -0.411 e. The smallest absolute Gasteiger partial charge is 0.277 e. The highest BCUT2D eigenvalue weighted by Crippen LogP contribution is 2.24. The van der Waals surface area contributed by atoms with E-state index in [-0.39, 0.29) is 16.8 Å². The molecule has 6 nitrogen and oxygen atoms in total. The molecular weight excluding hydrogens is 371 g/mol. The molecule has 9 heteroatoms. The summed E-state index contributed by atoms with van der Waals surface area (Å²) in [5.74, 6) is 0.221. The second kappa shape index (κ2) is 7.65. The molecule has 0 unspecified atom stereocenters. The van der Waals surface area contributed by atoms with Crippen molar-refractivity contribution in [2.24, 2.45) is 0 Å². The molecule has 0 saturated carbocycles. The lowest BCUT2D eigenvalue weighted by molar-refractivity contribution is -0.113. The number of nitrogens with one attached hydrogen (secondary N) is 1. The molecule has 0 radical (unpaired) electrons. The number of carbonyl (C=O) groups excluding carboxylic acids is 1. The highest BCUT2D eigenvalue weighted by atomic mass is 35.5. The number of amides is 1. The zero-order chi connectivity index (χ0) is 16.9. The van der Waals surface area contributed by atoms with E-state index in [1.165, 1.54) is 0 Å². The van der Waals surface area contributed by atoms with Gasteiger partial charge in [0.05, 0.1) is 11.4 Å². The van der Waals surface area contributed by atoms with Gasteiger partial charge < -0.3 is 9.73 Å². The zero-order valence-electron chi connectivity index (χ0n) is 12.1. The molecule has 24 heavy (non-hydrogen) atoms. The van der Waals surface area contributed by atoms with Crippen LogP contribution in [0.3, 0.4) is 0 Å². The quantitative estimate of drug-likeness (QED) is 0.528. The van der Waals surface area contributed by atoms with Crippen molar-refractivity contribution in [1.82, 2.24) is 15.2 Å². The number of anilines is 1. The van der Waals surface area contributed by atoms with Gasteiger partial charge in [0.1, 0.15) is 0 Å². The minimum absolute atomic E-state index is 0.105. The predicted octanol–water partition coefficient (Wildman–Crippen LogP) is 4.17. The topological polar surface area (TPSA) is 80.9 Å². The van der Waals surface area contributed by atoms with E-state index in [1.54, 1.807) is 42.6 Å². The highest BCUT2D eigenvalue weighted by Gasteiger charge is 2.12. The van der Waals surface area contributed by atoms with Gasteiger partial charge in [-0.2, -0.15) is 0 Å². The van der Waals surface area contributed by atoms with Crippen molar-refractivity contribution in [2.75, 3.05) is 11.1 Å². The first-order valence-corrected chi connectivity index (χ1v) is 8.48. The summed E-state index contributed by atoms with van der Waals surface area (Å²) in [5.41, 5.74) is 1.21. The Morgan fingerprint density at radius 2 is 1.96 bits per heavy atom. The summed E-state index contributed by atoms with van der Waals surface area (Å²) >= 11 is 12.9. The number of carbonyl (C=O) groups is 1. The van der Waals surface area contributed by atoms with Gasteiger partial charge in [-0.15, -0.1) is 10.2 Å². The first kappa shape index (κ1) is 16.8. The van der Waals surface area contributed by atoms with Crippen LogP contribution in [0.5, 0.6) is 0 Å². The zero-order valence-corrected chi connectivity index (χ0v) is 14.4. The van der Waals surface area contributed by atoms with Crippen molar-refractivity contribution in [3.05, 3.63) is 52.8 Å². The number of aromatic nitrogens is 3. The predicted molar refractivity (Wildman–Crippen MR) is 93.3 cm³/mol. The fourth-order valence-electron chi connectivity index (χ4n) is 1.77. The van der Waals surface area contributed by atoms with E-state index in [1.807, 2.05) is 0 Å². The Bertz CT molecular complexity index is 855. The third-order valence-electron chi connectivity index (χ3n) is 2.86. The van der Waals surface area contributed by atoms with Crippen LogP contribution in [-0.2, 0) is 4.79 Å². The molecule has 0 fully saturated rings. The van der Waals surface area contributed by atoms with E-state index in [0.29, 0.717) is 21.8 Å². The second-order valence-electron chi connectivity index (χ2n) is 4.56. The van der Waals surface area contributed by atoms with Gasteiger partial charge in [-0.1, -0.05) is 35.0 Å². The van der Waals surface area contributed by atoms with Crippen molar-refractivity contribution in [3.8, 4) is 11.5 Å². The van der Waals surface area contributed by atoms with Gasteiger partial charge in [0.15, 0.2) is 5.15 Å². The third-order valence-corrected chi connectivity index (χ3v) is 4.23. The minimum atomic E-state index is -0.249. The lowest BCUT2D eigenvalue weighted by atomic mass is 10.2. The maximum atomic E-state index is 11.9. The SMILES string of the molecule is O=C(CSc1nnc(-c2ccc(Cl)cc2)o1)Nc1cccnc1Cl. The van der Waals surface area contributed by atoms with Gasteiger partial charge >= 0.3 is 0 Å². The van der Waals surface area contributed by atoms with E-state index in [0.717, 1.165) is 17.3 Å². The van der Waals surface area contributed by atoms with Crippen LogP contribution in [-0.4, -0.2) is 26.8 Å². The molecule has 0 atom stereocenters. The Morgan fingerprint density at radius 3 is 2.71 bits per heavy atom. The Morgan fingerprint density at radius 1 is 1.17 bits per heavy atom. The number of thioether (sulfide) groups is 1. The number of pyridine rings is 1. The summed E-state index contributed by atoms with van der Waals surface area (Å²) in [6.07, 6.45) is 1.55. The molecule has 1 amide bonds. The number of hydrogen-bond acceptors (Lipinski definition) is 6. The van der Waals surface area contributed by atoms with Gasteiger partial charge in [-0.25, -0.2) is 4.98 Å². The van der Waals surface area contributed by atoms with Crippen molar-refractivity contribution in [1.29, 1.82) is 0 Å². The third kappa shape index (κ3) is 4.25. The largest absolute Gasteiger partial charge is 0.411 e. The van der Waals surface area contributed by atoms with E-state index >= 15 is 0 Å². The molecule has 0 spiro atoms. The molecule has 122 valence electrons. The molecule has 1 N–H and O–H groups in total. The lowest BCUT2D eigenvalue weighted by Crippen LogP contribution is -2.14. The molecule has 3 aromatic rings. The average Bonchev–Trinajstić information content (AvgIpc) is 3.05. The first-order valence-electron chi connectivity index (χ1n) is 6.74. The maximum absolute atomic E-state index is 11.9. The first-order chi connectivity index (χ1) is 11.6. The van der Waals surface area contributed by atoms with Crippen molar-refractivity contribution in [2.45, 2.75) is 5.22 Å². The molecule has 2 aromatic heterocycles. The van der Waals surface area contributed by atoms with Crippen LogP contribution in [0.1, 0.15) is 0 Å². The van der Waals surface area contributed by atoms with Crippen LogP contribution in [0.2, 0.25) is 10.2 Å². The molecule has 0 aliphatic rings. The number of rotatable bonds is 5. The lowest BCUT2D eigenvalue weighted by Gasteiger charge is -2.04. The normalized spacial score (nSPS) is 10.6. The Kier molecular flexibility index (Phi) is 5.34. The van der Waals surface area contributed by atoms with Crippen LogP contribution in [0.4, 0.5) is 5.69 Å². The Balaban J connectivity index is 1.58. The van der Waals surface area contributed by atoms with E-state index in [2.05, 4.69) is 20.5 Å². The fourth-order valence-corrected chi connectivity index (χ4v) is 2.63. The second-order valence-corrected chi connectivity index (χ2v) is 6.28. The average molecular weight is 381 g/mol. The number of halogens is 2. The van der Waals surface area contributed by atoms with E-state index in [4.69, 9.17) is 27.6 Å². The van der Waals surface area contributed by atoms with E-state index < -0.39 is 0 Å². The standard InChI is InChI=1S/C15H10Cl2N4O2S/c16-10-5-3-9(4-6-10)14-20-21-15(23-14)24-8-12(22)19-11-2-1-7-18-13(11)17/h1-7H,8H2,(H,19,22). The molecular formula is C15H10Cl2N4O2S. The maximum Gasteiger partial charge on any atom is 0.277 e. The summed E-state index contributed by atoms with van der Waals surface area (Å²) in [5, 5.41) is 11.7. The summed E-state index contributed by atoms with van der Waals surface area (Å²) in [6, 6.07) is 10.4. The van der Waals surface area contributed by atoms with Crippen LogP contribution in [0.25, 0.3) is 11.5 Å². The van der Waals surface area contributed by atoms with Crippen molar-refractivity contribution in [3.63, 3.8) is 0 Å². The monoisotopic (exact) mass is 380 g/mol. The summed E-state index contributed by atoms with van der Waals surface area (Å²) in [6.45, 7) is 0. The molecule has 0 bridgehead atoms. The molecule has 2 heterocycles. The molecule has 0 saturated heterocycles. The van der Waals surface area contributed by atoms with Gasteiger partial charge in [0.25, 0.3) is 5.22 Å². The molecule has 1 aromatic carbocycles. The summed E-state index contributed by atoms with van der Waals surface area (Å²) < 4.78 is 5.51.